The minimum Gasteiger partial charge on any atom is -0.369 e. The molecule has 4 aliphatic rings. The van der Waals surface area contributed by atoms with Gasteiger partial charge in [-0.25, -0.2) is 0 Å². The molecule has 6 atom stereocenters. The highest BCUT2D eigenvalue weighted by Gasteiger charge is 2.38. The van der Waals surface area contributed by atoms with E-state index in [1.807, 2.05) is 0 Å². The van der Waals surface area contributed by atoms with E-state index in [0.29, 0.717) is 24.0 Å². The summed E-state index contributed by atoms with van der Waals surface area (Å²) in [6, 6.07) is 2.04. The standard InChI is InChI=1S/C16H27N5/c1-9-4-2-6-11-15(9)20-13(18-11)8-14-19-12-7-3-5-10(17)16(12)21-14/h9-12,15-16H,2-8,17H2,1H3,(H,18,20)(H,19,21). The van der Waals surface area contributed by atoms with E-state index < -0.39 is 0 Å². The van der Waals surface area contributed by atoms with Crippen molar-refractivity contribution in [1.29, 1.82) is 0 Å². The van der Waals surface area contributed by atoms with Gasteiger partial charge in [-0.1, -0.05) is 13.3 Å². The summed E-state index contributed by atoms with van der Waals surface area (Å²) < 4.78 is 0. The largest absolute Gasteiger partial charge is 0.369 e. The van der Waals surface area contributed by atoms with E-state index in [2.05, 4.69) is 17.6 Å². The van der Waals surface area contributed by atoms with E-state index in [-0.39, 0.29) is 12.1 Å². The second kappa shape index (κ2) is 5.27. The van der Waals surface area contributed by atoms with Gasteiger partial charge in [0.2, 0.25) is 0 Å². The number of nitrogens with two attached hydrogens (primary N) is 1. The third-order valence-electron chi connectivity index (χ3n) is 5.72. The Morgan fingerprint density at radius 2 is 1.57 bits per heavy atom. The van der Waals surface area contributed by atoms with Gasteiger partial charge in [0, 0.05) is 12.1 Å². The van der Waals surface area contributed by atoms with Gasteiger partial charge in [-0.15, -0.1) is 0 Å². The molecule has 0 aromatic rings. The maximum absolute atomic E-state index is 6.21. The number of hydrogen-bond acceptors (Lipinski definition) is 5. The van der Waals surface area contributed by atoms with Crippen molar-refractivity contribution in [2.45, 2.75) is 82.1 Å². The molecule has 5 heteroatoms. The molecule has 2 fully saturated rings. The van der Waals surface area contributed by atoms with E-state index >= 15 is 0 Å². The number of fused-ring (bicyclic) bond motifs is 2. The molecule has 4 rings (SSSR count). The lowest BCUT2D eigenvalue weighted by Gasteiger charge is -2.29. The Labute approximate surface area is 126 Å². The van der Waals surface area contributed by atoms with Gasteiger partial charge in [-0.05, 0) is 38.0 Å². The van der Waals surface area contributed by atoms with Crippen LogP contribution < -0.4 is 16.4 Å². The fourth-order valence-corrected chi connectivity index (χ4v) is 4.54. The Hall–Kier alpha value is -1.10. The molecule has 2 heterocycles. The second-order valence-corrected chi connectivity index (χ2v) is 7.31. The van der Waals surface area contributed by atoms with Crippen molar-refractivity contribution >= 4 is 11.7 Å². The van der Waals surface area contributed by atoms with Crippen LogP contribution in [0.3, 0.4) is 0 Å². The summed E-state index contributed by atoms with van der Waals surface area (Å²) in [5, 5.41) is 7.23. The van der Waals surface area contributed by atoms with Gasteiger partial charge >= 0.3 is 0 Å². The van der Waals surface area contributed by atoms with Crippen LogP contribution in [0, 0.1) is 5.92 Å². The number of rotatable bonds is 2. The molecule has 0 radical (unpaired) electrons. The van der Waals surface area contributed by atoms with E-state index in [1.54, 1.807) is 0 Å². The summed E-state index contributed by atoms with van der Waals surface area (Å²) in [5.74, 6) is 2.94. The number of nitrogens with one attached hydrogen (secondary N) is 2. The molecule has 0 bridgehead atoms. The lowest BCUT2D eigenvalue weighted by molar-refractivity contribution is 0.295. The van der Waals surface area contributed by atoms with Crippen LogP contribution in [-0.2, 0) is 0 Å². The third kappa shape index (κ3) is 2.45. The molecule has 2 aliphatic carbocycles. The minimum atomic E-state index is 0.231. The Kier molecular flexibility index (Phi) is 3.40. The quantitative estimate of drug-likeness (QED) is 0.715. The smallest absolute Gasteiger partial charge is 0.105 e. The van der Waals surface area contributed by atoms with Gasteiger partial charge in [-0.3, -0.25) is 9.98 Å². The second-order valence-electron chi connectivity index (χ2n) is 7.31. The van der Waals surface area contributed by atoms with Gasteiger partial charge in [0.05, 0.1) is 24.5 Å². The van der Waals surface area contributed by atoms with Crippen molar-refractivity contribution in [3.8, 4) is 0 Å². The van der Waals surface area contributed by atoms with Crippen molar-refractivity contribution in [1.82, 2.24) is 10.6 Å². The topological polar surface area (TPSA) is 74.8 Å². The molecule has 0 aromatic carbocycles. The number of aliphatic imine (C=N–C) groups is 2. The average Bonchev–Trinajstić information content (AvgIpc) is 3.04. The van der Waals surface area contributed by atoms with Crippen LogP contribution >= 0.6 is 0 Å². The van der Waals surface area contributed by atoms with Crippen LogP contribution in [0.15, 0.2) is 9.98 Å². The normalized spacial score (nSPS) is 45.0. The Morgan fingerprint density at radius 3 is 2.24 bits per heavy atom. The SMILES string of the molecule is CC1CCCC2NC(CC3=NC4C(N)CCCC4N3)=NC12. The van der Waals surface area contributed by atoms with E-state index in [9.17, 15) is 0 Å². The van der Waals surface area contributed by atoms with Crippen LogP contribution in [-0.4, -0.2) is 41.9 Å². The lowest BCUT2D eigenvalue weighted by Crippen LogP contribution is -2.48. The van der Waals surface area contributed by atoms with Crippen LogP contribution in [0.25, 0.3) is 0 Å². The first-order chi connectivity index (χ1) is 10.2. The van der Waals surface area contributed by atoms with Crippen molar-refractivity contribution in [2.75, 3.05) is 0 Å². The van der Waals surface area contributed by atoms with Crippen molar-refractivity contribution in [3.63, 3.8) is 0 Å². The molecule has 0 saturated heterocycles. The third-order valence-corrected chi connectivity index (χ3v) is 5.72. The Balaban J connectivity index is 1.43. The summed E-state index contributed by atoms with van der Waals surface area (Å²) >= 11 is 0. The summed E-state index contributed by atoms with van der Waals surface area (Å²) in [6.07, 6.45) is 8.28. The molecule has 2 saturated carbocycles. The molecule has 0 aromatic heterocycles. The predicted octanol–water partition coefficient (Wildman–Crippen LogP) is 1.19. The molecule has 6 unspecified atom stereocenters. The molecular weight excluding hydrogens is 262 g/mol. The molecule has 0 spiro atoms. The molecule has 5 nitrogen and oxygen atoms in total. The van der Waals surface area contributed by atoms with Gasteiger partial charge in [0.1, 0.15) is 11.7 Å². The maximum Gasteiger partial charge on any atom is 0.105 e. The van der Waals surface area contributed by atoms with Crippen LogP contribution in [0.5, 0.6) is 0 Å². The van der Waals surface area contributed by atoms with Crippen LogP contribution in [0.4, 0.5) is 0 Å². The van der Waals surface area contributed by atoms with Crippen LogP contribution in [0.1, 0.15) is 51.9 Å². The number of nitrogens with zero attached hydrogens (tertiary/aromatic N) is 2. The van der Waals surface area contributed by atoms with Gasteiger partial charge < -0.3 is 16.4 Å². The molecule has 0 amide bonds. The maximum atomic E-state index is 6.21. The average molecular weight is 289 g/mol. The fourth-order valence-electron chi connectivity index (χ4n) is 4.54. The summed E-state index contributed by atoms with van der Waals surface area (Å²) in [7, 11) is 0. The predicted molar refractivity (Wildman–Crippen MR) is 85.8 cm³/mol. The summed E-state index contributed by atoms with van der Waals surface area (Å²) in [6.45, 7) is 2.34. The van der Waals surface area contributed by atoms with E-state index in [1.165, 1.54) is 32.1 Å². The highest BCUT2D eigenvalue weighted by molar-refractivity contribution is 6.04. The zero-order chi connectivity index (χ0) is 14.4. The highest BCUT2D eigenvalue weighted by Crippen LogP contribution is 2.30. The molecule has 116 valence electrons. The van der Waals surface area contributed by atoms with E-state index in [4.69, 9.17) is 15.7 Å². The van der Waals surface area contributed by atoms with Gasteiger partial charge in [-0.2, -0.15) is 0 Å². The highest BCUT2D eigenvalue weighted by atomic mass is 15.2. The van der Waals surface area contributed by atoms with Crippen molar-refractivity contribution in [2.24, 2.45) is 21.6 Å². The van der Waals surface area contributed by atoms with E-state index in [0.717, 1.165) is 24.5 Å². The number of amidine groups is 2. The molecule has 2 aliphatic heterocycles. The Bertz CT molecular complexity index is 429. The lowest BCUT2D eigenvalue weighted by atomic mass is 9.83. The molecular formula is C16H27N5. The van der Waals surface area contributed by atoms with Gasteiger partial charge in [0.15, 0.2) is 0 Å². The first-order valence-corrected chi connectivity index (χ1v) is 8.63. The summed E-state index contributed by atoms with van der Waals surface area (Å²) in [5.41, 5.74) is 6.21. The zero-order valence-corrected chi connectivity index (χ0v) is 12.9. The zero-order valence-electron chi connectivity index (χ0n) is 12.9. The van der Waals surface area contributed by atoms with Gasteiger partial charge in [0.25, 0.3) is 0 Å². The summed E-state index contributed by atoms with van der Waals surface area (Å²) in [4.78, 5) is 9.80. The first kappa shape index (κ1) is 13.6. The molecule has 4 N–H and O–H groups in total. The van der Waals surface area contributed by atoms with Crippen LogP contribution in [0.2, 0.25) is 0 Å². The number of hydrogen-bond donors (Lipinski definition) is 3. The minimum absolute atomic E-state index is 0.231. The van der Waals surface area contributed by atoms with Crippen molar-refractivity contribution in [3.05, 3.63) is 0 Å². The molecule has 21 heavy (non-hydrogen) atoms. The van der Waals surface area contributed by atoms with Crippen molar-refractivity contribution < 1.29 is 0 Å². The monoisotopic (exact) mass is 289 g/mol. The fraction of sp³-hybridized carbons (Fsp3) is 0.875. The Morgan fingerprint density at radius 1 is 0.952 bits per heavy atom. The first-order valence-electron chi connectivity index (χ1n) is 8.63.